The fourth-order valence-corrected chi connectivity index (χ4v) is 2.55. The number of guanidine groups is 1. The fraction of sp³-hybridized carbons (Fsp3) is 0.529. The molecule has 0 aromatic heterocycles. The van der Waals surface area contributed by atoms with E-state index in [1.54, 1.807) is 52.1 Å². The van der Waals surface area contributed by atoms with Crippen LogP contribution >= 0.6 is 0 Å². The summed E-state index contributed by atoms with van der Waals surface area (Å²) in [5.41, 5.74) is 0.397. The molecule has 0 aliphatic rings. The third-order valence-electron chi connectivity index (χ3n) is 3.12. The van der Waals surface area contributed by atoms with Gasteiger partial charge in [0.2, 0.25) is 0 Å². The third-order valence-corrected chi connectivity index (χ3v) is 4.25. The summed E-state index contributed by atoms with van der Waals surface area (Å²) in [7, 11) is -1.55. The first-order valence-electron chi connectivity index (χ1n) is 8.21. The van der Waals surface area contributed by atoms with Crippen LogP contribution < -0.4 is 16.0 Å². The van der Waals surface area contributed by atoms with Crippen molar-refractivity contribution < 1.29 is 17.9 Å². The maximum absolute atomic E-state index is 11.5. The van der Waals surface area contributed by atoms with Gasteiger partial charge in [0.05, 0.1) is 4.90 Å². The van der Waals surface area contributed by atoms with Gasteiger partial charge in [-0.1, -0.05) is 12.1 Å². The van der Waals surface area contributed by atoms with E-state index >= 15 is 0 Å². The van der Waals surface area contributed by atoms with Gasteiger partial charge in [0.15, 0.2) is 15.8 Å². The van der Waals surface area contributed by atoms with Crippen LogP contribution in [0.1, 0.15) is 26.3 Å². The minimum Gasteiger partial charge on any atom is -0.444 e. The van der Waals surface area contributed by atoms with Crippen molar-refractivity contribution in [3.63, 3.8) is 0 Å². The molecule has 0 spiro atoms. The van der Waals surface area contributed by atoms with E-state index in [1.165, 1.54) is 6.26 Å². The summed E-state index contributed by atoms with van der Waals surface area (Å²) in [5.74, 6) is 0.572. The smallest absolute Gasteiger partial charge is 0.407 e. The van der Waals surface area contributed by atoms with Gasteiger partial charge in [0.1, 0.15) is 5.60 Å². The van der Waals surface area contributed by atoms with E-state index in [-0.39, 0.29) is 4.90 Å². The lowest BCUT2D eigenvalue weighted by Crippen LogP contribution is -2.42. The van der Waals surface area contributed by atoms with Crippen molar-refractivity contribution in [3.05, 3.63) is 29.8 Å². The zero-order chi connectivity index (χ0) is 19.8. The van der Waals surface area contributed by atoms with Gasteiger partial charge in [-0.25, -0.2) is 13.2 Å². The number of ether oxygens (including phenoxy) is 1. The van der Waals surface area contributed by atoms with Crippen molar-refractivity contribution in [1.29, 1.82) is 0 Å². The Morgan fingerprint density at radius 2 is 1.65 bits per heavy atom. The number of aliphatic imine (C=N–C) groups is 1. The summed E-state index contributed by atoms with van der Waals surface area (Å²) in [6.07, 6.45) is 0.713. The van der Waals surface area contributed by atoms with Crippen LogP contribution in [-0.4, -0.2) is 52.5 Å². The van der Waals surface area contributed by atoms with Gasteiger partial charge in [0, 0.05) is 32.9 Å². The number of carbonyl (C=O) groups is 1. The van der Waals surface area contributed by atoms with Gasteiger partial charge in [-0.15, -0.1) is 0 Å². The van der Waals surface area contributed by atoms with E-state index in [4.69, 9.17) is 4.74 Å². The number of nitrogens with one attached hydrogen (secondary N) is 3. The second-order valence-corrected chi connectivity index (χ2v) is 8.71. The number of carbonyl (C=O) groups excluding carboxylic acids is 1. The molecule has 0 fully saturated rings. The largest absolute Gasteiger partial charge is 0.444 e. The number of sulfone groups is 1. The summed E-state index contributed by atoms with van der Waals surface area (Å²) in [6.45, 7) is 6.77. The van der Waals surface area contributed by atoms with Gasteiger partial charge >= 0.3 is 6.09 Å². The number of nitrogens with zero attached hydrogens (tertiary/aromatic N) is 1. The lowest BCUT2D eigenvalue weighted by atomic mass is 10.2. The predicted octanol–water partition coefficient (Wildman–Crippen LogP) is 1.28. The predicted molar refractivity (Wildman–Crippen MR) is 102 cm³/mol. The molecular weight excluding hydrogens is 356 g/mol. The standard InChI is InChI=1S/C17H28N4O4S/c1-17(2,3)25-16(22)20-11-10-19-15(18-4)21-12-13-6-8-14(9-7-13)26(5,23)24/h6-9H,10-12H2,1-5H3,(H,20,22)(H2,18,19,21). The van der Waals surface area contributed by atoms with Gasteiger partial charge in [-0.3, -0.25) is 4.99 Å². The van der Waals surface area contributed by atoms with Crippen LogP contribution in [0.2, 0.25) is 0 Å². The van der Waals surface area contributed by atoms with Crippen molar-refractivity contribution in [3.8, 4) is 0 Å². The molecule has 0 unspecified atom stereocenters. The summed E-state index contributed by atoms with van der Waals surface area (Å²) in [6, 6.07) is 6.65. The molecule has 9 heteroatoms. The molecule has 146 valence electrons. The molecule has 0 radical (unpaired) electrons. The SMILES string of the molecule is CN=C(NCCNC(=O)OC(C)(C)C)NCc1ccc(S(C)(=O)=O)cc1. The second kappa shape index (κ2) is 9.42. The quantitative estimate of drug-likeness (QED) is 0.387. The average molecular weight is 385 g/mol. The first kappa shape index (κ1) is 21.8. The topological polar surface area (TPSA) is 109 Å². The Balaban J connectivity index is 2.36. The number of hydrogen-bond donors (Lipinski definition) is 3. The maximum Gasteiger partial charge on any atom is 0.407 e. The van der Waals surface area contributed by atoms with Crippen LogP contribution in [0.3, 0.4) is 0 Å². The molecule has 0 saturated heterocycles. The highest BCUT2D eigenvalue weighted by molar-refractivity contribution is 7.90. The van der Waals surface area contributed by atoms with Crippen LogP contribution in [0.4, 0.5) is 4.79 Å². The number of benzene rings is 1. The Labute approximate surface area is 155 Å². The second-order valence-electron chi connectivity index (χ2n) is 6.70. The molecule has 1 aromatic carbocycles. The van der Waals surface area contributed by atoms with Crippen LogP contribution in [0.25, 0.3) is 0 Å². The molecule has 0 heterocycles. The van der Waals surface area contributed by atoms with E-state index < -0.39 is 21.5 Å². The van der Waals surface area contributed by atoms with Gasteiger partial charge < -0.3 is 20.7 Å². The Morgan fingerprint density at radius 1 is 1.08 bits per heavy atom. The monoisotopic (exact) mass is 384 g/mol. The number of rotatable bonds is 6. The molecule has 8 nitrogen and oxygen atoms in total. The van der Waals surface area contributed by atoms with Gasteiger partial charge in [-0.05, 0) is 38.5 Å². The Morgan fingerprint density at radius 3 is 2.15 bits per heavy atom. The van der Waals surface area contributed by atoms with Crippen LogP contribution in [-0.2, 0) is 21.1 Å². The lowest BCUT2D eigenvalue weighted by Gasteiger charge is -2.20. The maximum atomic E-state index is 11.5. The van der Waals surface area contributed by atoms with E-state index in [0.717, 1.165) is 5.56 Å². The average Bonchev–Trinajstić information content (AvgIpc) is 2.52. The zero-order valence-electron chi connectivity index (χ0n) is 15.9. The molecule has 1 aromatic rings. The minimum atomic E-state index is -3.19. The molecule has 0 atom stereocenters. The molecule has 0 bridgehead atoms. The van der Waals surface area contributed by atoms with Crippen molar-refractivity contribution in [2.24, 2.45) is 4.99 Å². The Bertz CT molecular complexity index is 722. The normalized spacial score (nSPS) is 12.4. The molecule has 0 aliphatic carbocycles. The van der Waals surface area contributed by atoms with Crippen molar-refractivity contribution in [2.75, 3.05) is 26.4 Å². The van der Waals surface area contributed by atoms with E-state index in [9.17, 15) is 13.2 Å². The molecule has 0 aliphatic heterocycles. The summed E-state index contributed by atoms with van der Waals surface area (Å²) in [4.78, 5) is 15.9. The highest BCUT2D eigenvalue weighted by atomic mass is 32.2. The molecule has 0 saturated carbocycles. The van der Waals surface area contributed by atoms with Gasteiger partial charge in [-0.2, -0.15) is 0 Å². The summed E-state index contributed by atoms with van der Waals surface area (Å²) < 4.78 is 28.0. The Kier molecular flexibility index (Phi) is 7.88. The zero-order valence-corrected chi connectivity index (χ0v) is 16.7. The van der Waals surface area contributed by atoms with Gasteiger partial charge in [0.25, 0.3) is 0 Å². The lowest BCUT2D eigenvalue weighted by molar-refractivity contribution is 0.0529. The van der Waals surface area contributed by atoms with E-state index in [2.05, 4.69) is 20.9 Å². The number of alkyl carbamates (subject to hydrolysis) is 1. The molecule has 26 heavy (non-hydrogen) atoms. The van der Waals surface area contributed by atoms with Crippen molar-refractivity contribution in [1.82, 2.24) is 16.0 Å². The van der Waals surface area contributed by atoms with E-state index in [0.29, 0.717) is 25.6 Å². The number of hydrogen-bond acceptors (Lipinski definition) is 5. The summed E-state index contributed by atoms with van der Waals surface area (Å²) >= 11 is 0. The van der Waals surface area contributed by atoms with Crippen LogP contribution in [0.5, 0.6) is 0 Å². The van der Waals surface area contributed by atoms with Crippen LogP contribution in [0, 0.1) is 0 Å². The third kappa shape index (κ3) is 8.70. The van der Waals surface area contributed by atoms with E-state index in [1.807, 2.05) is 0 Å². The number of amides is 1. The fourth-order valence-electron chi connectivity index (χ4n) is 1.92. The minimum absolute atomic E-state index is 0.289. The van der Waals surface area contributed by atoms with Crippen molar-refractivity contribution in [2.45, 2.75) is 37.8 Å². The highest BCUT2D eigenvalue weighted by Crippen LogP contribution is 2.10. The summed E-state index contributed by atoms with van der Waals surface area (Å²) in [5, 5.41) is 8.83. The van der Waals surface area contributed by atoms with Crippen LogP contribution in [0.15, 0.2) is 34.2 Å². The molecule has 1 rings (SSSR count). The van der Waals surface area contributed by atoms with Crippen molar-refractivity contribution >= 4 is 21.9 Å². The molecule has 3 N–H and O–H groups in total. The first-order chi connectivity index (χ1) is 12.0. The highest BCUT2D eigenvalue weighted by Gasteiger charge is 2.15. The molecular formula is C17H28N4O4S. The Hall–Kier alpha value is -2.29. The molecule has 1 amide bonds. The first-order valence-corrected chi connectivity index (χ1v) is 10.1.